The van der Waals surface area contributed by atoms with Crippen LogP contribution >= 0.6 is 11.8 Å². The topological polar surface area (TPSA) is 54.8 Å². The van der Waals surface area contributed by atoms with E-state index in [1.165, 1.54) is 19.1 Å². The van der Waals surface area contributed by atoms with Gasteiger partial charge in [0, 0.05) is 75.5 Å². The molecule has 0 spiro atoms. The van der Waals surface area contributed by atoms with E-state index in [0.717, 1.165) is 54.6 Å². The molecule has 6 nitrogen and oxygen atoms in total. The number of pyridine rings is 1. The Bertz CT molecular complexity index is 3020. The minimum absolute atomic E-state index is 0.0500. The molecule has 0 N–H and O–H groups in total. The van der Waals surface area contributed by atoms with Crippen molar-refractivity contribution in [2.75, 3.05) is 33.1 Å². The first-order chi connectivity index (χ1) is 33.1. The molecule has 1 aliphatic rings. The third-order valence-electron chi connectivity index (χ3n) is 7.76. The maximum atomic E-state index is 15.4. The molecule has 53 heavy (non-hydrogen) atoms. The molecule has 1 amide bonds. The molecule has 278 valence electrons. The van der Waals surface area contributed by atoms with Gasteiger partial charge in [-0.25, -0.2) is 8.78 Å². The first-order valence-corrected chi connectivity index (χ1v) is 16.4. The summed E-state index contributed by atoms with van der Waals surface area (Å²) in [7, 11) is -3.83. The minimum atomic E-state index is -4.70. The van der Waals surface area contributed by atoms with Crippen LogP contribution in [0.3, 0.4) is 0 Å². The Kier molecular flexibility index (Phi) is 6.36. The number of alkyl halides is 3. The zero-order valence-electron chi connectivity index (χ0n) is 47.3. The Hall–Kier alpha value is -4.52. The standard InChI is InChI=1S/C41H40F5N3O3S/c1-27-6-15-36-34(22-27)37(50)23-39(53-26-31-4-3-5-35(42)40(31)43)49(36)25-38(51)48(33-16-18-47(19-17-33)20-21-52-2)24-28-7-9-29(10-8-28)30-11-13-32(14-12-30)41(44,45)46/h3-15,22-23,33H,16-21,24-26H2,1-2H3/i2D3,6D,15D,16D2,17D2,18D2,19D2,20D2,21D2,22D,23D,33D. The summed E-state index contributed by atoms with van der Waals surface area (Å²) < 4.78 is 248. The minimum Gasteiger partial charge on any atom is -0.383 e. The van der Waals surface area contributed by atoms with Crippen molar-refractivity contribution in [1.82, 2.24) is 14.4 Å². The summed E-state index contributed by atoms with van der Waals surface area (Å²) in [6, 6.07) is 3.87. The highest BCUT2D eigenvalue weighted by Crippen LogP contribution is 2.32. The fourth-order valence-corrected chi connectivity index (χ4v) is 6.14. The Morgan fingerprint density at radius 1 is 1.06 bits per heavy atom. The van der Waals surface area contributed by atoms with Crippen LogP contribution in [0.1, 0.15) is 62.4 Å². The fraction of sp³-hybridized carbons (Fsp3) is 0.317. The Labute approximate surface area is 337 Å². The lowest BCUT2D eigenvalue weighted by Gasteiger charge is -2.39. The van der Waals surface area contributed by atoms with Crippen molar-refractivity contribution in [3.63, 3.8) is 0 Å². The first-order valence-electron chi connectivity index (χ1n) is 25.4. The van der Waals surface area contributed by atoms with Gasteiger partial charge in [0.1, 0.15) is 6.54 Å². The molecule has 0 atom stereocenters. The number of nitrogens with zero attached hydrogens (tertiary/aromatic N) is 3. The number of hydrogen-bond acceptors (Lipinski definition) is 5. The molecule has 2 heterocycles. The molecule has 0 aliphatic carbocycles. The van der Waals surface area contributed by atoms with Gasteiger partial charge in [-0.15, -0.1) is 11.8 Å². The molecule has 1 aromatic heterocycles. The Morgan fingerprint density at radius 2 is 1.75 bits per heavy atom. The number of thioether (sulfide) groups is 1. The number of aromatic nitrogens is 1. The number of rotatable bonds is 12. The molecule has 1 fully saturated rings. The van der Waals surface area contributed by atoms with Crippen molar-refractivity contribution in [2.45, 2.75) is 55.7 Å². The zero-order valence-corrected chi connectivity index (χ0v) is 28.2. The lowest BCUT2D eigenvalue weighted by Crippen LogP contribution is -2.48. The van der Waals surface area contributed by atoms with E-state index in [2.05, 4.69) is 4.74 Å². The van der Waals surface area contributed by atoms with E-state index in [1.54, 1.807) is 0 Å². The molecule has 0 unspecified atom stereocenters. The van der Waals surface area contributed by atoms with Gasteiger partial charge in [-0.1, -0.05) is 60.1 Å². The number of amides is 1. The number of likely N-dealkylation sites (tertiary alicyclic amines) is 1. The lowest BCUT2D eigenvalue weighted by atomic mass is 10.00. The maximum absolute atomic E-state index is 15.4. The van der Waals surface area contributed by atoms with E-state index in [0.29, 0.717) is 16.3 Å². The monoisotopic (exact) mass is 769 g/mol. The second kappa shape index (κ2) is 16.7. The second-order valence-electron chi connectivity index (χ2n) is 11.3. The molecular formula is C41H40F5N3O3S. The molecule has 4 aromatic carbocycles. The van der Waals surface area contributed by atoms with Gasteiger partial charge in [-0.2, -0.15) is 13.2 Å². The van der Waals surface area contributed by atoms with Gasteiger partial charge in [0.05, 0.1) is 36.4 Å². The Balaban J connectivity index is 1.62. The van der Waals surface area contributed by atoms with E-state index >= 15 is 4.79 Å². The van der Waals surface area contributed by atoms with Gasteiger partial charge in [0.15, 0.2) is 17.1 Å². The number of carbonyl (C=O) groups excluding carboxylic acids is 1. The van der Waals surface area contributed by atoms with Crippen LogP contribution < -0.4 is 5.43 Å². The van der Waals surface area contributed by atoms with E-state index in [1.807, 2.05) is 0 Å². The smallest absolute Gasteiger partial charge is 0.383 e. The average Bonchev–Trinajstić information content (AvgIpc) is 3.26. The summed E-state index contributed by atoms with van der Waals surface area (Å²) in [6.07, 6.45) is -13.7. The maximum Gasteiger partial charge on any atom is 0.416 e. The van der Waals surface area contributed by atoms with Crippen molar-refractivity contribution in [3.8, 4) is 11.1 Å². The summed E-state index contributed by atoms with van der Waals surface area (Å²) in [6.45, 7) is -19.4. The van der Waals surface area contributed by atoms with Gasteiger partial charge < -0.3 is 19.1 Å². The normalized spacial score (nSPS) is 24.9. The highest BCUT2D eigenvalue weighted by molar-refractivity contribution is 7.98. The van der Waals surface area contributed by atoms with E-state index in [9.17, 15) is 33.6 Å². The number of methoxy groups -OCH3 is 1. The number of fused-ring (bicyclic) bond motifs is 1. The number of carbonyl (C=O) groups is 1. The van der Waals surface area contributed by atoms with Gasteiger partial charge in [-0.3, -0.25) is 9.59 Å². The predicted octanol–water partition coefficient (Wildman–Crippen LogP) is 8.71. The van der Waals surface area contributed by atoms with Crippen LogP contribution in [0.15, 0.2) is 101 Å². The third-order valence-corrected chi connectivity index (χ3v) is 8.81. The second-order valence-corrected chi connectivity index (χ2v) is 12.3. The molecular weight excluding hydrogens is 710 g/mol. The van der Waals surface area contributed by atoms with E-state index < -0.39 is 150 Å². The van der Waals surface area contributed by atoms with Gasteiger partial charge >= 0.3 is 6.18 Å². The van der Waals surface area contributed by atoms with E-state index in [-0.39, 0.29) is 32.7 Å². The molecule has 6 rings (SSSR count). The van der Waals surface area contributed by atoms with Crippen LogP contribution in [-0.2, 0) is 34.6 Å². The largest absolute Gasteiger partial charge is 0.416 e. The van der Waals surface area contributed by atoms with Crippen LogP contribution in [-0.4, -0.2) is 59.4 Å². The summed E-state index contributed by atoms with van der Waals surface area (Å²) >= 11 is 0.385. The van der Waals surface area contributed by atoms with Crippen LogP contribution in [0.5, 0.6) is 0 Å². The van der Waals surface area contributed by atoms with Gasteiger partial charge in [-0.05, 0) is 66.6 Å². The average molecular weight is 770 g/mol. The van der Waals surface area contributed by atoms with Gasteiger partial charge in [0.2, 0.25) is 5.91 Å². The van der Waals surface area contributed by atoms with Crippen LogP contribution in [0.4, 0.5) is 22.0 Å². The van der Waals surface area contributed by atoms with Gasteiger partial charge in [0.25, 0.3) is 0 Å². The number of hydrogen-bond donors (Lipinski definition) is 0. The number of halogens is 5. The number of piperidine rings is 1. The summed E-state index contributed by atoms with van der Waals surface area (Å²) in [4.78, 5) is 28.3. The Morgan fingerprint density at radius 3 is 2.43 bits per heavy atom. The van der Waals surface area contributed by atoms with Crippen molar-refractivity contribution in [2.24, 2.45) is 0 Å². The molecule has 1 saturated heterocycles. The lowest BCUT2D eigenvalue weighted by molar-refractivity contribution is -0.137. The number of ether oxygens (including phenoxy) is 1. The molecule has 0 radical (unpaired) electrons. The molecule has 0 saturated carbocycles. The van der Waals surface area contributed by atoms with Crippen molar-refractivity contribution in [3.05, 3.63) is 135 Å². The van der Waals surface area contributed by atoms with E-state index in [4.69, 9.17) is 20.6 Å². The molecule has 12 heteroatoms. The summed E-state index contributed by atoms with van der Waals surface area (Å²) in [5.41, 5.74) is -3.43. The highest BCUT2D eigenvalue weighted by Gasteiger charge is 2.31. The summed E-state index contributed by atoms with van der Waals surface area (Å²) in [5.74, 6) is -5.07. The highest BCUT2D eigenvalue weighted by atomic mass is 32.2. The van der Waals surface area contributed by atoms with Crippen LogP contribution in [0.25, 0.3) is 22.0 Å². The van der Waals surface area contributed by atoms with Crippen molar-refractivity contribution < 1.29 is 58.9 Å². The molecule has 0 bridgehead atoms. The van der Waals surface area contributed by atoms with Crippen molar-refractivity contribution >= 4 is 28.6 Å². The quantitative estimate of drug-likeness (QED) is 0.0940. The molecule has 1 aliphatic heterocycles. The SMILES string of the molecule is [2H]c1c(C)c([2H])c2c(=O)c([2H])c(SCc3cccc(F)c3F)n(CC(=O)N(Cc3ccc(-c4ccc(C(F)(F)F)cc4)cc3)C3([2H])C([2H])([2H])C([2H])([2H])N(C([2H])([2H])C([2H])([2H])OC([2H])([2H])[2H])C([2H])([2H])C3([2H])[2H])c2c1[2H]. The third kappa shape index (κ3) is 9.17. The predicted molar refractivity (Wildman–Crippen MR) is 198 cm³/mol. The molecule has 5 aromatic rings. The number of benzene rings is 4. The first kappa shape index (κ1) is 20.2. The van der Waals surface area contributed by atoms with Crippen LogP contribution in [0, 0.1) is 18.6 Å². The zero-order chi connectivity index (χ0) is 55.4. The van der Waals surface area contributed by atoms with Crippen molar-refractivity contribution in [1.29, 1.82) is 0 Å². The fourth-order valence-electron chi connectivity index (χ4n) is 5.15. The summed E-state index contributed by atoms with van der Waals surface area (Å²) in [5, 5.41) is -1.41. The van der Waals surface area contributed by atoms with Crippen LogP contribution in [0.2, 0.25) is 0 Å².